The molecule has 0 atom stereocenters. The van der Waals surface area contributed by atoms with Gasteiger partial charge in [-0.2, -0.15) is 4.39 Å². The molecule has 102 valence electrons. The number of primary amides is 1. The van der Waals surface area contributed by atoms with Crippen LogP contribution in [-0.4, -0.2) is 16.8 Å². The van der Waals surface area contributed by atoms with E-state index in [1.54, 1.807) is 19.1 Å². The maximum absolute atomic E-state index is 12.9. The van der Waals surface area contributed by atoms with Crippen LogP contribution in [0.3, 0.4) is 0 Å². The molecule has 0 aliphatic rings. The second-order valence-corrected chi connectivity index (χ2v) is 4.22. The molecule has 0 spiro atoms. The Morgan fingerprint density at radius 2 is 1.95 bits per heavy atom. The lowest BCUT2D eigenvalue weighted by atomic mass is 10.1. The van der Waals surface area contributed by atoms with Crippen molar-refractivity contribution >= 4 is 17.5 Å². The summed E-state index contributed by atoms with van der Waals surface area (Å²) in [4.78, 5) is 26.4. The van der Waals surface area contributed by atoms with Crippen molar-refractivity contribution < 1.29 is 14.0 Å². The number of pyridine rings is 1. The number of nitrogens with two attached hydrogens (primary N) is 1. The minimum atomic E-state index is -0.724. The minimum absolute atomic E-state index is 0.163. The first-order chi connectivity index (χ1) is 9.47. The van der Waals surface area contributed by atoms with E-state index in [0.717, 1.165) is 6.07 Å². The average molecular weight is 273 g/mol. The van der Waals surface area contributed by atoms with Gasteiger partial charge < -0.3 is 11.1 Å². The molecule has 0 bridgehead atoms. The lowest BCUT2D eigenvalue weighted by molar-refractivity contribution is 0.0998. The first kappa shape index (κ1) is 13.7. The Morgan fingerprint density at radius 3 is 2.55 bits per heavy atom. The number of carbonyl (C=O) groups excluding carboxylic acids is 2. The van der Waals surface area contributed by atoms with Crippen molar-refractivity contribution in [3.05, 3.63) is 59.2 Å². The number of rotatable bonds is 3. The van der Waals surface area contributed by atoms with Gasteiger partial charge in [0.05, 0.1) is 0 Å². The number of hydrogen-bond donors (Lipinski definition) is 2. The largest absolute Gasteiger partial charge is 0.366 e. The van der Waals surface area contributed by atoms with Crippen molar-refractivity contribution in [3.8, 4) is 0 Å². The topological polar surface area (TPSA) is 85.1 Å². The lowest BCUT2D eigenvalue weighted by Gasteiger charge is -2.09. The molecule has 0 radical (unpaired) electrons. The van der Waals surface area contributed by atoms with Crippen LogP contribution in [0.2, 0.25) is 0 Å². The number of aromatic nitrogens is 1. The van der Waals surface area contributed by atoms with Crippen LogP contribution in [0.1, 0.15) is 26.3 Å². The SMILES string of the molecule is Cc1cc(C(N)=O)ccc1NC(=O)c1ccnc(F)c1. The first-order valence-corrected chi connectivity index (χ1v) is 5.81. The second-order valence-electron chi connectivity index (χ2n) is 4.22. The molecule has 2 aromatic rings. The van der Waals surface area contributed by atoms with E-state index >= 15 is 0 Å². The summed E-state index contributed by atoms with van der Waals surface area (Å²) in [6.45, 7) is 1.73. The van der Waals surface area contributed by atoms with Crippen LogP contribution in [0.5, 0.6) is 0 Å². The Labute approximate surface area is 114 Å². The summed E-state index contributed by atoms with van der Waals surface area (Å²) in [6, 6.07) is 7.11. The fraction of sp³-hybridized carbons (Fsp3) is 0.0714. The van der Waals surface area contributed by atoms with Crippen LogP contribution >= 0.6 is 0 Å². The number of benzene rings is 1. The summed E-state index contributed by atoms with van der Waals surface area (Å²) in [7, 11) is 0. The smallest absolute Gasteiger partial charge is 0.255 e. The van der Waals surface area contributed by atoms with Crippen LogP contribution in [0.25, 0.3) is 0 Å². The van der Waals surface area contributed by atoms with E-state index in [1.165, 1.54) is 18.3 Å². The van der Waals surface area contributed by atoms with E-state index in [4.69, 9.17) is 5.73 Å². The molecule has 0 saturated heterocycles. The molecule has 0 aliphatic heterocycles. The number of halogens is 1. The van der Waals surface area contributed by atoms with Gasteiger partial charge in [-0.3, -0.25) is 9.59 Å². The van der Waals surface area contributed by atoms with Crippen LogP contribution in [0.4, 0.5) is 10.1 Å². The molecular weight excluding hydrogens is 261 g/mol. The number of anilines is 1. The Morgan fingerprint density at radius 1 is 1.20 bits per heavy atom. The van der Waals surface area contributed by atoms with Gasteiger partial charge in [0.2, 0.25) is 11.9 Å². The molecule has 0 unspecified atom stereocenters. The van der Waals surface area contributed by atoms with E-state index < -0.39 is 17.8 Å². The number of amides is 2. The zero-order chi connectivity index (χ0) is 14.7. The van der Waals surface area contributed by atoms with Gasteiger partial charge in [-0.25, -0.2) is 4.98 Å². The molecule has 20 heavy (non-hydrogen) atoms. The Bertz CT molecular complexity index is 686. The van der Waals surface area contributed by atoms with Crippen LogP contribution in [0, 0.1) is 12.9 Å². The molecule has 2 amide bonds. The van der Waals surface area contributed by atoms with Gasteiger partial charge in [0.1, 0.15) is 0 Å². The normalized spacial score (nSPS) is 10.1. The number of nitrogens with one attached hydrogen (secondary N) is 1. The van der Waals surface area contributed by atoms with E-state index in [0.29, 0.717) is 16.8 Å². The maximum Gasteiger partial charge on any atom is 0.255 e. The van der Waals surface area contributed by atoms with Gasteiger partial charge in [0, 0.05) is 29.1 Å². The highest BCUT2D eigenvalue weighted by atomic mass is 19.1. The molecule has 3 N–H and O–H groups in total. The summed E-state index contributed by atoms with van der Waals surface area (Å²) in [5, 5.41) is 2.63. The van der Waals surface area contributed by atoms with Gasteiger partial charge in [0.25, 0.3) is 5.91 Å². The molecule has 5 nitrogen and oxygen atoms in total. The predicted molar refractivity (Wildman–Crippen MR) is 71.8 cm³/mol. The second kappa shape index (κ2) is 5.48. The number of hydrogen-bond acceptors (Lipinski definition) is 3. The molecule has 0 saturated carbocycles. The first-order valence-electron chi connectivity index (χ1n) is 5.81. The molecular formula is C14H12FN3O2. The summed E-state index contributed by atoms with van der Waals surface area (Å²) >= 11 is 0. The third-order valence-electron chi connectivity index (χ3n) is 2.75. The van der Waals surface area contributed by atoms with Crippen molar-refractivity contribution in [1.29, 1.82) is 0 Å². The summed E-state index contributed by atoms with van der Waals surface area (Å²) in [6.07, 6.45) is 1.22. The standard InChI is InChI=1S/C14H12FN3O2/c1-8-6-9(13(16)19)2-3-11(8)18-14(20)10-4-5-17-12(15)7-10/h2-7H,1H3,(H2,16,19)(H,18,20). The number of carbonyl (C=O) groups is 2. The molecule has 0 fully saturated rings. The Balaban J connectivity index is 2.22. The molecule has 1 heterocycles. The van der Waals surface area contributed by atoms with Crippen molar-refractivity contribution in [3.63, 3.8) is 0 Å². The lowest BCUT2D eigenvalue weighted by Crippen LogP contribution is -2.15. The van der Waals surface area contributed by atoms with Gasteiger partial charge >= 0.3 is 0 Å². The Kier molecular flexibility index (Phi) is 3.74. The highest BCUT2D eigenvalue weighted by Gasteiger charge is 2.10. The van der Waals surface area contributed by atoms with Gasteiger partial charge in [-0.15, -0.1) is 0 Å². The van der Waals surface area contributed by atoms with E-state index in [2.05, 4.69) is 10.3 Å². The average Bonchev–Trinajstić information content (AvgIpc) is 2.40. The maximum atomic E-state index is 12.9. The van der Waals surface area contributed by atoms with Crippen LogP contribution in [0.15, 0.2) is 36.5 Å². The van der Waals surface area contributed by atoms with Crippen molar-refractivity contribution in [2.75, 3.05) is 5.32 Å². The fourth-order valence-electron chi connectivity index (χ4n) is 1.70. The van der Waals surface area contributed by atoms with Crippen LogP contribution in [-0.2, 0) is 0 Å². The Hall–Kier alpha value is -2.76. The summed E-state index contributed by atoms with van der Waals surface area (Å²) < 4.78 is 12.9. The highest BCUT2D eigenvalue weighted by Crippen LogP contribution is 2.17. The number of aryl methyl sites for hydroxylation is 1. The zero-order valence-electron chi connectivity index (χ0n) is 10.7. The predicted octanol–water partition coefficient (Wildman–Crippen LogP) is 1.88. The van der Waals surface area contributed by atoms with Gasteiger partial charge in [-0.1, -0.05) is 0 Å². The van der Waals surface area contributed by atoms with Crippen molar-refractivity contribution in [2.45, 2.75) is 6.92 Å². The molecule has 0 aliphatic carbocycles. The van der Waals surface area contributed by atoms with Crippen LogP contribution < -0.4 is 11.1 Å². The highest BCUT2D eigenvalue weighted by molar-refractivity contribution is 6.05. The van der Waals surface area contributed by atoms with Crippen molar-refractivity contribution in [2.24, 2.45) is 5.73 Å². The third-order valence-corrected chi connectivity index (χ3v) is 2.75. The minimum Gasteiger partial charge on any atom is -0.366 e. The molecule has 1 aromatic carbocycles. The summed E-state index contributed by atoms with van der Waals surface area (Å²) in [5.41, 5.74) is 6.90. The zero-order valence-corrected chi connectivity index (χ0v) is 10.7. The monoisotopic (exact) mass is 273 g/mol. The van der Waals surface area contributed by atoms with E-state index in [-0.39, 0.29) is 5.56 Å². The number of nitrogens with zero attached hydrogens (tertiary/aromatic N) is 1. The molecule has 2 rings (SSSR count). The van der Waals surface area contributed by atoms with E-state index in [9.17, 15) is 14.0 Å². The van der Waals surface area contributed by atoms with Gasteiger partial charge in [-0.05, 0) is 36.8 Å². The fourth-order valence-corrected chi connectivity index (χ4v) is 1.70. The van der Waals surface area contributed by atoms with E-state index in [1.807, 2.05) is 0 Å². The third kappa shape index (κ3) is 2.97. The quantitative estimate of drug-likeness (QED) is 0.837. The molecule has 1 aromatic heterocycles. The van der Waals surface area contributed by atoms with Crippen molar-refractivity contribution in [1.82, 2.24) is 4.98 Å². The molecule has 6 heteroatoms. The van der Waals surface area contributed by atoms with Gasteiger partial charge in [0.15, 0.2) is 0 Å². The summed E-state index contributed by atoms with van der Waals surface area (Å²) in [5.74, 6) is -1.72.